The number of aromatic nitrogens is 2. The number of carbonyl (C=O) groups excluding carboxylic acids is 2. The number of rotatable bonds is 8. The Kier molecular flexibility index (Phi) is 6.66. The van der Waals surface area contributed by atoms with E-state index in [-0.39, 0.29) is 44.4 Å². The minimum Gasteiger partial charge on any atom is -0.462 e. The smallest absolute Gasteiger partial charge is 0.347 e. The third-order valence-corrected chi connectivity index (χ3v) is 3.12. The number of aliphatic hydroxyl groups is 1. The van der Waals surface area contributed by atoms with Crippen LogP contribution in [0.5, 0.6) is 0 Å². The van der Waals surface area contributed by atoms with Crippen LogP contribution in [-0.4, -0.2) is 59.4 Å². The van der Waals surface area contributed by atoms with E-state index >= 15 is 0 Å². The number of imidazole rings is 1. The number of nitrogens with one attached hydrogen (secondary N) is 1. The number of aliphatic hydroxyl groups excluding tert-OH is 1. The summed E-state index contributed by atoms with van der Waals surface area (Å²) >= 11 is 0. The molecule has 0 radical (unpaired) electrons. The number of nitrogens with zero attached hydrogens (tertiary/aromatic N) is 3. The fourth-order valence-electron chi connectivity index (χ4n) is 2.12. The number of fused-ring (bicyclic) bond motifs is 1. The molecule has 1 aromatic rings. The second-order valence-electron chi connectivity index (χ2n) is 4.74. The molecule has 0 aromatic carbocycles. The summed E-state index contributed by atoms with van der Waals surface area (Å²) in [5, 5.41) is 11.5. The maximum Gasteiger partial charge on any atom is 0.347 e. The number of hydrogen-bond donors (Lipinski definition) is 2. The number of esters is 2. The van der Waals surface area contributed by atoms with Crippen molar-refractivity contribution in [3.63, 3.8) is 0 Å². The topological polar surface area (TPSA) is 124 Å². The Labute approximate surface area is 144 Å². The third kappa shape index (κ3) is 4.22. The van der Waals surface area contributed by atoms with Crippen LogP contribution in [0, 0.1) is 0 Å². The van der Waals surface area contributed by atoms with E-state index in [1.807, 2.05) is 0 Å². The van der Waals surface area contributed by atoms with Gasteiger partial charge in [-0.3, -0.25) is 4.57 Å². The molecule has 1 aliphatic rings. The molecule has 0 atom stereocenters. The summed E-state index contributed by atoms with van der Waals surface area (Å²) in [5.74, 6) is -1.22. The molecule has 2 heterocycles. The first-order valence-electron chi connectivity index (χ1n) is 7.75. The van der Waals surface area contributed by atoms with Gasteiger partial charge in [-0.1, -0.05) is 0 Å². The van der Waals surface area contributed by atoms with Crippen molar-refractivity contribution in [3.05, 3.63) is 17.6 Å². The van der Waals surface area contributed by atoms with Gasteiger partial charge in [0.05, 0.1) is 44.8 Å². The van der Waals surface area contributed by atoms with Crippen LogP contribution in [0.3, 0.4) is 0 Å². The number of aliphatic imine (C=N–C) groups is 1. The highest BCUT2D eigenvalue weighted by Gasteiger charge is 2.31. The Hall–Kier alpha value is -2.72. The van der Waals surface area contributed by atoms with Crippen molar-refractivity contribution in [1.29, 1.82) is 0 Å². The molecule has 1 aromatic heterocycles. The van der Waals surface area contributed by atoms with Crippen molar-refractivity contribution in [1.82, 2.24) is 14.9 Å². The minimum absolute atomic E-state index is 0.108. The van der Waals surface area contributed by atoms with Gasteiger partial charge >= 0.3 is 11.9 Å². The van der Waals surface area contributed by atoms with Gasteiger partial charge in [0.2, 0.25) is 0 Å². The van der Waals surface area contributed by atoms with E-state index in [0.29, 0.717) is 11.5 Å². The average molecular weight is 352 g/mol. The van der Waals surface area contributed by atoms with Crippen molar-refractivity contribution < 1.29 is 28.9 Å². The van der Waals surface area contributed by atoms with E-state index in [1.165, 1.54) is 12.7 Å². The number of carbonyl (C=O) groups is 2. The van der Waals surface area contributed by atoms with Gasteiger partial charge in [0.15, 0.2) is 11.4 Å². The SMILES string of the molecule is CCOC(=O)C(C(=O)OCC)=C1NC=Nc2c1ncn2COCCO. The maximum atomic E-state index is 12.2. The lowest BCUT2D eigenvalue weighted by molar-refractivity contribution is -0.146. The summed E-state index contributed by atoms with van der Waals surface area (Å²) in [6, 6.07) is 0. The zero-order valence-electron chi connectivity index (χ0n) is 14.0. The molecule has 2 N–H and O–H groups in total. The first kappa shape index (κ1) is 18.6. The van der Waals surface area contributed by atoms with E-state index in [9.17, 15) is 9.59 Å². The average Bonchev–Trinajstić information content (AvgIpc) is 3.00. The van der Waals surface area contributed by atoms with E-state index in [2.05, 4.69) is 15.3 Å². The van der Waals surface area contributed by atoms with Crippen LogP contribution in [0.4, 0.5) is 5.82 Å². The number of ether oxygens (including phenoxy) is 3. The summed E-state index contributed by atoms with van der Waals surface area (Å²) < 4.78 is 16.7. The molecule has 0 spiro atoms. The molecule has 25 heavy (non-hydrogen) atoms. The largest absolute Gasteiger partial charge is 0.462 e. The molecule has 0 unspecified atom stereocenters. The molecule has 1 aliphatic heterocycles. The van der Waals surface area contributed by atoms with Crippen LogP contribution in [-0.2, 0) is 30.5 Å². The van der Waals surface area contributed by atoms with E-state index < -0.39 is 11.9 Å². The van der Waals surface area contributed by atoms with Gasteiger partial charge in [0.25, 0.3) is 0 Å². The minimum atomic E-state index is -0.809. The van der Waals surface area contributed by atoms with Crippen molar-refractivity contribution >= 4 is 29.8 Å². The highest BCUT2D eigenvalue weighted by molar-refractivity contribution is 6.20. The number of hydrogen-bond acceptors (Lipinski definition) is 9. The highest BCUT2D eigenvalue weighted by Crippen LogP contribution is 2.29. The summed E-state index contributed by atoms with van der Waals surface area (Å²) in [5.41, 5.74) is 0.173. The van der Waals surface area contributed by atoms with Gasteiger partial charge in [-0.25, -0.2) is 19.6 Å². The Morgan fingerprint density at radius 2 is 1.92 bits per heavy atom. The lowest BCUT2D eigenvalue weighted by atomic mass is 10.1. The predicted molar refractivity (Wildman–Crippen MR) is 86.7 cm³/mol. The van der Waals surface area contributed by atoms with Crippen molar-refractivity contribution in [2.24, 2.45) is 4.99 Å². The van der Waals surface area contributed by atoms with Crippen molar-refractivity contribution in [2.75, 3.05) is 26.4 Å². The zero-order valence-corrected chi connectivity index (χ0v) is 14.0. The second kappa shape index (κ2) is 8.94. The van der Waals surface area contributed by atoms with E-state index in [0.717, 1.165) is 0 Å². The van der Waals surface area contributed by atoms with E-state index in [1.54, 1.807) is 18.4 Å². The van der Waals surface area contributed by atoms with Gasteiger partial charge in [-0.05, 0) is 13.8 Å². The molecule has 2 rings (SSSR count). The predicted octanol–water partition coefficient (Wildman–Crippen LogP) is -0.0502. The summed E-state index contributed by atoms with van der Waals surface area (Å²) in [6.45, 7) is 3.66. The third-order valence-electron chi connectivity index (χ3n) is 3.12. The van der Waals surface area contributed by atoms with Crippen molar-refractivity contribution in [2.45, 2.75) is 20.6 Å². The quantitative estimate of drug-likeness (QED) is 0.219. The van der Waals surface area contributed by atoms with Gasteiger partial charge in [-0.15, -0.1) is 0 Å². The van der Waals surface area contributed by atoms with E-state index in [4.69, 9.17) is 19.3 Å². The molecule has 10 nitrogen and oxygen atoms in total. The molecule has 0 bridgehead atoms. The molecule has 0 saturated heterocycles. The van der Waals surface area contributed by atoms with Crippen LogP contribution < -0.4 is 5.32 Å². The van der Waals surface area contributed by atoms with Gasteiger partial charge in [-0.2, -0.15) is 0 Å². The monoisotopic (exact) mass is 352 g/mol. The van der Waals surface area contributed by atoms with Gasteiger partial charge in [0.1, 0.15) is 12.4 Å². The lowest BCUT2D eigenvalue weighted by Gasteiger charge is -2.16. The fourth-order valence-corrected chi connectivity index (χ4v) is 2.12. The summed E-state index contributed by atoms with van der Waals surface area (Å²) in [4.78, 5) is 32.8. The molecule has 0 aliphatic carbocycles. The van der Waals surface area contributed by atoms with Gasteiger partial charge < -0.3 is 24.6 Å². The second-order valence-corrected chi connectivity index (χ2v) is 4.74. The Balaban J connectivity index is 2.43. The van der Waals surface area contributed by atoms with Gasteiger partial charge in [0, 0.05) is 0 Å². The van der Waals surface area contributed by atoms with Crippen LogP contribution in [0.15, 0.2) is 16.9 Å². The Morgan fingerprint density at radius 3 is 2.52 bits per heavy atom. The van der Waals surface area contributed by atoms with Crippen LogP contribution in [0.25, 0.3) is 5.70 Å². The highest BCUT2D eigenvalue weighted by atomic mass is 16.6. The lowest BCUT2D eigenvalue weighted by Crippen LogP contribution is -2.26. The molecular formula is C15H20N4O6. The first-order valence-corrected chi connectivity index (χ1v) is 7.75. The fraction of sp³-hybridized carbons (Fsp3) is 0.467. The molecular weight excluding hydrogens is 332 g/mol. The first-order chi connectivity index (χ1) is 12.1. The molecule has 0 fully saturated rings. The van der Waals surface area contributed by atoms with Crippen LogP contribution >= 0.6 is 0 Å². The zero-order chi connectivity index (χ0) is 18.2. The van der Waals surface area contributed by atoms with Crippen molar-refractivity contribution in [3.8, 4) is 0 Å². The van der Waals surface area contributed by atoms with Crippen LogP contribution in [0.1, 0.15) is 19.5 Å². The Bertz CT molecular complexity index is 674. The molecule has 0 saturated carbocycles. The normalized spacial score (nSPS) is 12.4. The Morgan fingerprint density at radius 1 is 1.24 bits per heavy atom. The molecule has 10 heteroatoms. The molecule has 136 valence electrons. The summed E-state index contributed by atoms with van der Waals surface area (Å²) in [6.07, 6.45) is 2.79. The summed E-state index contributed by atoms with van der Waals surface area (Å²) in [7, 11) is 0. The van der Waals surface area contributed by atoms with Crippen LogP contribution in [0.2, 0.25) is 0 Å². The standard InChI is InChI=1S/C15H20N4O6/c1-3-24-14(21)10(15(22)25-4-2)11-12-13(17-7-16-11)19(8-18-12)9-23-6-5-20/h7-8,20H,3-6,9H2,1-2H3,(H,16,17). The molecule has 0 amide bonds. The maximum absolute atomic E-state index is 12.2.